The van der Waals surface area contributed by atoms with Gasteiger partial charge in [-0.2, -0.15) is 0 Å². The zero-order valence-electron chi connectivity index (χ0n) is 28.3. The molecule has 0 saturated carbocycles. The van der Waals surface area contributed by atoms with Crippen molar-refractivity contribution in [3.05, 3.63) is 60.2 Å². The van der Waals surface area contributed by atoms with Crippen LogP contribution in [-0.4, -0.2) is 96.7 Å². The van der Waals surface area contributed by atoms with Crippen LogP contribution < -0.4 is 5.32 Å². The Morgan fingerprint density at radius 3 is 2.22 bits per heavy atom. The van der Waals surface area contributed by atoms with Gasteiger partial charge in [0.1, 0.15) is 6.10 Å². The number of ether oxygens (including phenoxy) is 3. The average molecular weight is 690 g/mol. The summed E-state index contributed by atoms with van der Waals surface area (Å²) in [4.78, 5) is 63.1. The fourth-order valence-corrected chi connectivity index (χ4v) is 6.69. The monoisotopic (exact) mass is 689 g/mol. The number of hydrogen-bond acceptors (Lipinski definition) is 10. The summed E-state index contributed by atoms with van der Waals surface area (Å²) in [6.45, 7) is 13.1. The molecule has 0 unspecified atom stereocenters. The van der Waals surface area contributed by atoms with E-state index in [1.807, 2.05) is 58.0 Å². The number of esters is 1. The van der Waals surface area contributed by atoms with Crippen LogP contribution in [0.25, 0.3) is 0 Å². The summed E-state index contributed by atoms with van der Waals surface area (Å²) in [5.41, 5.74) is -6.09. The van der Waals surface area contributed by atoms with Gasteiger partial charge in [0, 0.05) is 19.4 Å². The van der Waals surface area contributed by atoms with Crippen molar-refractivity contribution in [3.63, 3.8) is 0 Å². The molecule has 0 spiro atoms. The number of hydrogen-bond donors (Lipinski definition) is 6. The van der Waals surface area contributed by atoms with Crippen molar-refractivity contribution in [2.24, 2.45) is 17.8 Å². The highest BCUT2D eigenvalue weighted by Crippen LogP contribution is 2.55. The van der Waals surface area contributed by atoms with Gasteiger partial charge in [0.15, 0.2) is 6.10 Å². The first kappa shape index (κ1) is 39.3. The molecule has 0 aliphatic carbocycles. The van der Waals surface area contributed by atoms with Gasteiger partial charge in [-0.15, -0.1) is 0 Å². The molecule has 2 heterocycles. The Morgan fingerprint density at radius 1 is 1.06 bits per heavy atom. The molecule has 2 bridgehead atoms. The Morgan fingerprint density at radius 2 is 1.69 bits per heavy atom. The molecule has 2 aliphatic heterocycles. The van der Waals surface area contributed by atoms with Crippen molar-refractivity contribution >= 4 is 29.8 Å². The fraction of sp³-hybridized carbons (Fsp3) is 0.571. The second-order valence-electron chi connectivity index (χ2n) is 13.3. The number of rotatable bonds is 17. The lowest BCUT2D eigenvalue weighted by Gasteiger charge is -2.48. The molecule has 1 aromatic carbocycles. The van der Waals surface area contributed by atoms with Gasteiger partial charge in [0.05, 0.1) is 6.04 Å². The maximum atomic E-state index is 13.0. The van der Waals surface area contributed by atoms with Gasteiger partial charge in [0.2, 0.25) is 29.0 Å². The SMILES string of the molecule is C=C(CC[C@]12O[C@H](C(=O)O)[C@@](O)(C(=O)O)[C@](C(=O)O)(O1)[C@H](OC(=O)C=C[C@@H](C)C[C@@H](C)CC)[C@H]2O)[C@H](NC(C)=O)[C@H](C)Cc1ccccc1. The maximum absolute atomic E-state index is 13.0. The zero-order chi connectivity index (χ0) is 36.9. The van der Waals surface area contributed by atoms with E-state index in [0.29, 0.717) is 24.3 Å². The minimum absolute atomic E-state index is 0.117. The Bertz CT molecular complexity index is 1450. The molecule has 14 heteroatoms. The quantitative estimate of drug-likeness (QED) is 0.0786. The first-order chi connectivity index (χ1) is 22.9. The number of aliphatic carboxylic acids is 3. The number of aliphatic hydroxyl groups is 2. The second-order valence-corrected chi connectivity index (χ2v) is 13.3. The van der Waals surface area contributed by atoms with Gasteiger partial charge in [0.25, 0.3) is 0 Å². The number of carbonyl (C=O) groups is 5. The van der Waals surface area contributed by atoms with Crippen LogP contribution in [0.5, 0.6) is 0 Å². The van der Waals surface area contributed by atoms with E-state index in [2.05, 4.69) is 11.9 Å². The topological polar surface area (TPSA) is 226 Å². The van der Waals surface area contributed by atoms with Crippen LogP contribution in [0, 0.1) is 17.8 Å². The number of nitrogens with one attached hydrogen (secondary N) is 1. The van der Waals surface area contributed by atoms with Gasteiger partial charge >= 0.3 is 23.9 Å². The van der Waals surface area contributed by atoms with Crippen LogP contribution in [0.1, 0.15) is 65.9 Å². The minimum Gasteiger partial charge on any atom is -0.479 e. The molecule has 270 valence electrons. The Kier molecular flexibility index (Phi) is 12.5. The van der Waals surface area contributed by atoms with Crippen LogP contribution in [0.2, 0.25) is 0 Å². The number of aliphatic hydroxyl groups excluding tert-OH is 1. The van der Waals surface area contributed by atoms with Gasteiger partial charge < -0.3 is 45.1 Å². The van der Waals surface area contributed by atoms with E-state index >= 15 is 0 Å². The van der Waals surface area contributed by atoms with Gasteiger partial charge in [-0.25, -0.2) is 19.2 Å². The van der Waals surface area contributed by atoms with E-state index in [4.69, 9.17) is 14.2 Å². The summed E-state index contributed by atoms with van der Waals surface area (Å²) in [6.07, 6.45) is -3.68. The van der Waals surface area contributed by atoms with E-state index < -0.39 is 71.6 Å². The van der Waals surface area contributed by atoms with Crippen molar-refractivity contribution in [1.29, 1.82) is 0 Å². The van der Waals surface area contributed by atoms with Crippen LogP contribution in [0.15, 0.2) is 54.6 Å². The van der Waals surface area contributed by atoms with E-state index in [9.17, 15) is 49.5 Å². The lowest BCUT2D eigenvalue weighted by molar-refractivity contribution is -0.374. The third-order valence-electron chi connectivity index (χ3n) is 9.44. The Hall–Kier alpha value is -4.11. The number of carboxylic acid groups (broad SMARTS) is 3. The Labute approximate surface area is 284 Å². The second kappa shape index (κ2) is 15.6. The summed E-state index contributed by atoms with van der Waals surface area (Å²) in [6, 6.07) is 8.74. The maximum Gasteiger partial charge on any atom is 0.344 e. The molecule has 49 heavy (non-hydrogen) atoms. The van der Waals surface area contributed by atoms with Crippen LogP contribution in [-0.2, 0) is 44.6 Å². The molecule has 6 N–H and O–H groups in total. The fourth-order valence-electron chi connectivity index (χ4n) is 6.69. The summed E-state index contributed by atoms with van der Waals surface area (Å²) in [5.74, 6) is -10.9. The van der Waals surface area contributed by atoms with Crippen LogP contribution in [0.4, 0.5) is 0 Å². The lowest BCUT2D eigenvalue weighted by atomic mass is 9.74. The van der Waals surface area contributed by atoms with E-state index in [1.165, 1.54) is 13.0 Å². The van der Waals surface area contributed by atoms with Crippen molar-refractivity contribution in [2.45, 2.75) is 108 Å². The lowest BCUT2D eigenvalue weighted by Crippen LogP contribution is -2.78. The third kappa shape index (κ3) is 7.88. The molecule has 2 saturated heterocycles. The van der Waals surface area contributed by atoms with Crippen molar-refractivity contribution < 1.29 is 63.7 Å². The normalized spacial score (nSPS) is 30.1. The Balaban J connectivity index is 2.02. The zero-order valence-corrected chi connectivity index (χ0v) is 28.3. The molecule has 0 aromatic heterocycles. The van der Waals surface area contributed by atoms with Gasteiger partial charge in [-0.1, -0.05) is 82.7 Å². The van der Waals surface area contributed by atoms with E-state index in [1.54, 1.807) is 0 Å². The van der Waals surface area contributed by atoms with Crippen molar-refractivity contribution in [3.8, 4) is 0 Å². The highest BCUT2D eigenvalue weighted by atomic mass is 16.8. The highest BCUT2D eigenvalue weighted by Gasteiger charge is 2.85. The number of allylic oxidation sites excluding steroid dienone is 1. The van der Waals surface area contributed by atoms with Gasteiger partial charge in [-0.3, -0.25) is 4.79 Å². The highest BCUT2D eigenvalue weighted by molar-refractivity contribution is 5.98. The first-order valence-electron chi connectivity index (χ1n) is 16.2. The molecule has 2 fully saturated rings. The molecule has 10 atom stereocenters. The van der Waals surface area contributed by atoms with E-state index in [-0.39, 0.29) is 24.2 Å². The summed E-state index contributed by atoms with van der Waals surface area (Å²) < 4.78 is 16.5. The molecule has 1 amide bonds. The number of carboxylic acids is 3. The number of benzene rings is 1. The summed E-state index contributed by atoms with van der Waals surface area (Å²) >= 11 is 0. The molecule has 0 radical (unpaired) electrons. The predicted molar refractivity (Wildman–Crippen MR) is 173 cm³/mol. The predicted octanol–water partition coefficient (Wildman–Crippen LogP) is 2.46. The largest absolute Gasteiger partial charge is 0.479 e. The van der Waals surface area contributed by atoms with Crippen LogP contribution >= 0.6 is 0 Å². The standard InChI is InChI=1S/C35H47NO13/c1-7-19(2)17-20(3)13-14-25(38)47-28-27(39)33(48-29(30(40)41)34(46,31(42)43)35(28,49-33)32(44)45)16-15-21(4)26(36-23(6)37)22(5)18-24-11-9-8-10-12-24/h8-14,19-20,22,26-29,39,46H,4,7,15-18H2,1-3,5-6H3,(H,36,37)(H,40,41)(H,42,43)(H,44,45)/t19-,20+,22+,26-,27+,28+,29+,33-,34+,35-/m0/s1. The summed E-state index contributed by atoms with van der Waals surface area (Å²) in [5, 5.41) is 56.4. The van der Waals surface area contributed by atoms with Crippen molar-refractivity contribution in [2.75, 3.05) is 0 Å². The van der Waals surface area contributed by atoms with Crippen molar-refractivity contribution in [1.82, 2.24) is 5.32 Å². The van der Waals surface area contributed by atoms with Gasteiger partial charge in [-0.05, 0) is 42.6 Å². The molecule has 2 aliphatic rings. The molecule has 14 nitrogen and oxygen atoms in total. The minimum atomic E-state index is -3.88. The number of carbonyl (C=O) groups excluding carboxylic acids is 2. The number of amides is 1. The molecule has 3 rings (SSSR count). The molecule has 1 aromatic rings. The first-order valence-corrected chi connectivity index (χ1v) is 16.2. The third-order valence-corrected chi connectivity index (χ3v) is 9.44. The van der Waals surface area contributed by atoms with E-state index in [0.717, 1.165) is 18.1 Å². The summed E-state index contributed by atoms with van der Waals surface area (Å²) in [7, 11) is 0. The average Bonchev–Trinajstić information content (AvgIpc) is 3.25. The smallest absolute Gasteiger partial charge is 0.344 e. The molecular weight excluding hydrogens is 642 g/mol. The molecular formula is C35H47NO13. The number of fused-ring (bicyclic) bond motifs is 2. The van der Waals surface area contributed by atoms with Crippen LogP contribution in [0.3, 0.4) is 0 Å².